The summed E-state index contributed by atoms with van der Waals surface area (Å²) >= 11 is 1.14. The number of amides is 1. The Hall–Kier alpha value is -3.44. The summed E-state index contributed by atoms with van der Waals surface area (Å²) in [6, 6.07) is 7.29. The molecule has 0 spiro atoms. The molecule has 0 saturated heterocycles. The molecule has 8 heteroatoms. The Labute approximate surface area is 189 Å². The van der Waals surface area contributed by atoms with Crippen molar-refractivity contribution in [2.75, 3.05) is 14.1 Å². The summed E-state index contributed by atoms with van der Waals surface area (Å²) in [4.78, 5) is 22.8. The van der Waals surface area contributed by atoms with Gasteiger partial charge in [0.05, 0.1) is 5.69 Å². The molecule has 32 heavy (non-hydrogen) atoms. The third-order valence-corrected chi connectivity index (χ3v) is 6.63. The molecule has 1 aliphatic heterocycles. The largest absolute Gasteiger partial charge is 0.378 e. The number of carbonyl (C=O) groups excluding carboxylic acids is 1. The number of hydrogen-bond donors (Lipinski definition) is 1. The predicted octanol–water partition coefficient (Wildman–Crippen LogP) is 3.71. The van der Waals surface area contributed by atoms with Gasteiger partial charge in [-0.3, -0.25) is 9.78 Å². The molecule has 2 aliphatic rings. The van der Waals surface area contributed by atoms with Crippen LogP contribution in [-0.4, -0.2) is 39.8 Å². The molecule has 2 heterocycles. The lowest BCUT2D eigenvalue weighted by atomic mass is 9.86. The third kappa shape index (κ3) is 3.49. The Balaban J connectivity index is 1.73. The molecule has 162 valence electrons. The number of nitrogens with zero attached hydrogens (tertiary/aromatic N) is 3. The maximum Gasteiger partial charge on any atom is 0.247 e. The van der Waals surface area contributed by atoms with Gasteiger partial charge in [0.25, 0.3) is 0 Å². The topological polar surface area (TPSA) is 71.6 Å². The maximum absolute atomic E-state index is 15.0. The molecule has 0 radical (unpaired) electrons. The second-order valence-electron chi connectivity index (χ2n) is 7.93. The van der Waals surface area contributed by atoms with Crippen LogP contribution in [0.5, 0.6) is 0 Å². The number of aliphatic imine (C=N–C) groups is 1. The van der Waals surface area contributed by atoms with Crippen LogP contribution in [-0.2, 0) is 10.3 Å². The summed E-state index contributed by atoms with van der Waals surface area (Å²) in [5, 5.41) is 0.185. The SMILES string of the molecule is C#Cc1ccc(/C(F)=C/c2ccc(F)c([C@@]3(C)N=C(N)S[C@@]4(C(=O)N(C)C)C=C43)c2)nc1. The van der Waals surface area contributed by atoms with Crippen molar-refractivity contribution in [2.24, 2.45) is 10.7 Å². The second kappa shape index (κ2) is 7.61. The van der Waals surface area contributed by atoms with Crippen molar-refractivity contribution in [1.29, 1.82) is 0 Å². The van der Waals surface area contributed by atoms with Gasteiger partial charge in [-0.15, -0.1) is 6.42 Å². The first kappa shape index (κ1) is 21.8. The third-order valence-electron chi connectivity index (χ3n) is 5.50. The zero-order valence-electron chi connectivity index (χ0n) is 17.7. The number of fused-ring (bicyclic) bond motifs is 1. The van der Waals surface area contributed by atoms with E-state index in [-0.39, 0.29) is 22.3 Å². The Morgan fingerprint density at radius 1 is 1.31 bits per heavy atom. The maximum atomic E-state index is 15.0. The van der Waals surface area contributed by atoms with Crippen molar-refractivity contribution in [2.45, 2.75) is 17.2 Å². The molecule has 2 atom stereocenters. The number of amidine groups is 1. The zero-order chi connectivity index (χ0) is 23.3. The molecule has 4 rings (SSSR count). The molecule has 2 aromatic rings. The summed E-state index contributed by atoms with van der Waals surface area (Å²) in [6.45, 7) is 1.71. The number of rotatable bonds is 4. The van der Waals surface area contributed by atoms with Gasteiger partial charge in [0, 0.05) is 31.4 Å². The number of thioether (sulfide) groups is 1. The lowest BCUT2D eigenvalue weighted by molar-refractivity contribution is -0.128. The Morgan fingerprint density at radius 2 is 2.06 bits per heavy atom. The van der Waals surface area contributed by atoms with Gasteiger partial charge < -0.3 is 10.6 Å². The van der Waals surface area contributed by atoms with E-state index in [1.807, 2.05) is 0 Å². The lowest BCUT2D eigenvalue weighted by Gasteiger charge is -2.34. The molecular weight excluding hydrogens is 430 g/mol. The first-order valence-corrected chi connectivity index (χ1v) is 10.5. The van der Waals surface area contributed by atoms with E-state index in [2.05, 4.69) is 15.9 Å². The van der Waals surface area contributed by atoms with Gasteiger partial charge >= 0.3 is 0 Å². The van der Waals surface area contributed by atoms with E-state index in [9.17, 15) is 13.6 Å². The number of hydrogen-bond acceptors (Lipinski definition) is 5. The molecule has 0 unspecified atom stereocenters. The van der Waals surface area contributed by atoms with Crippen LogP contribution in [0.2, 0.25) is 0 Å². The summed E-state index contributed by atoms with van der Waals surface area (Å²) in [6.07, 6.45) is 9.73. The molecule has 0 saturated carbocycles. The first-order valence-electron chi connectivity index (χ1n) is 9.71. The van der Waals surface area contributed by atoms with Crippen molar-refractivity contribution in [3.8, 4) is 12.3 Å². The van der Waals surface area contributed by atoms with E-state index >= 15 is 0 Å². The van der Waals surface area contributed by atoms with Crippen LogP contribution in [0.4, 0.5) is 8.78 Å². The van der Waals surface area contributed by atoms with E-state index in [1.165, 1.54) is 41.4 Å². The standard InChI is InChI=1S/C24H20F2N4OS/c1-5-14-7-9-19(28-13-14)18(26)11-15-6-8-17(25)16(10-15)23(2)20-12-24(20,21(31)30(3)4)32-22(27)29-23/h1,6-13H,2-4H3,(H2,27,29)/b18-11-/t23-,24+/m1/s1. The molecule has 1 aliphatic carbocycles. The first-order chi connectivity index (χ1) is 15.1. The van der Waals surface area contributed by atoms with Crippen LogP contribution >= 0.6 is 11.8 Å². The number of aromatic nitrogens is 1. The summed E-state index contributed by atoms with van der Waals surface area (Å²) < 4.78 is 28.8. The van der Waals surface area contributed by atoms with Gasteiger partial charge in [0.1, 0.15) is 21.9 Å². The summed E-state index contributed by atoms with van der Waals surface area (Å²) in [5.74, 6) is 1.14. The van der Waals surface area contributed by atoms with Gasteiger partial charge in [-0.05, 0) is 48.4 Å². The van der Waals surface area contributed by atoms with Gasteiger partial charge in [-0.1, -0.05) is 29.8 Å². The number of halogens is 2. The Morgan fingerprint density at radius 3 is 2.69 bits per heavy atom. The highest BCUT2D eigenvalue weighted by molar-refractivity contribution is 8.16. The van der Waals surface area contributed by atoms with Crippen LogP contribution in [0.25, 0.3) is 11.9 Å². The fourth-order valence-corrected chi connectivity index (χ4v) is 5.14. The molecule has 1 aromatic heterocycles. The summed E-state index contributed by atoms with van der Waals surface area (Å²) in [7, 11) is 3.30. The predicted molar refractivity (Wildman–Crippen MR) is 124 cm³/mol. The Bertz CT molecular complexity index is 1260. The van der Waals surface area contributed by atoms with E-state index in [4.69, 9.17) is 12.2 Å². The summed E-state index contributed by atoms with van der Waals surface area (Å²) in [5.41, 5.74) is 6.80. The second-order valence-corrected chi connectivity index (χ2v) is 9.19. The van der Waals surface area contributed by atoms with Crippen molar-refractivity contribution in [3.63, 3.8) is 0 Å². The van der Waals surface area contributed by atoms with Crippen LogP contribution in [0.1, 0.15) is 29.3 Å². The van der Waals surface area contributed by atoms with Crippen LogP contribution < -0.4 is 5.73 Å². The number of nitrogens with two attached hydrogens (primary N) is 1. The van der Waals surface area contributed by atoms with Crippen molar-refractivity contribution in [3.05, 3.63) is 76.4 Å². The lowest BCUT2D eigenvalue weighted by Crippen LogP contribution is -2.43. The fourth-order valence-electron chi connectivity index (χ4n) is 3.83. The molecular formula is C24H20F2N4OS. The normalized spacial score (nSPS) is 24.1. The number of pyridine rings is 1. The minimum atomic E-state index is -1.18. The minimum Gasteiger partial charge on any atom is -0.378 e. The molecule has 0 fully saturated rings. The van der Waals surface area contributed by atoms with E-state index < -0.39 is 21.9 Å². The molecule has 1 amide bonds. The van der Waals surface area contributed by atoms with Gasteiger partial charge in [-0.2, -0.15) is 0 Å². The minimum absolute atomic E-state index is 0.109. The smallest absolute Gasteiger partial charge is 0.247 e. The van der Waals surface area contributed by atoms with E-state index in [1.54, 1.807) is 33.2 Å². The van der Waals surface area contributed by atoms with Gasteiger partial charge in [0.15, 0.2) is 5.17 Å². The van der Waals surface area contributed by atoms with Gasteiger partial charge in [-0.25, -0.2) is 13.8 Å². The molecule has 1 aromatic carbocycles. The van der Waals surface area contributed by atoms with E-state index in [0.717, 1.165) is 11.8 Å². The highest BCUT2D eigenvalue weighted by Crippen LogP contribution is 2.60. The average Bonchev–Trinajstić information content (AvgIpc) is 3.51. The number of benzene rings is 1. The van der Waals surface area contributed by atoms with Crippen LogP contribution in [0, 0.1) is 18.2 Å². The highest BCUT2D eigenvalue weighted by Gasteiger charge is 2.63. The zero-order valence-corrected chi connectivity index (χ0v) is 18.5. The average molecular weight is 451 g/mol. The van der Waals surface area contributed by atoms with Crippen LogP contribution in [0.15, 0.2) is 53.2 Å². The van der Waals surface area contributed by atoms with Crippen LogP contribution in [0.3, 0.4) is 0 Å². The van der Waals surface area contributed by atoms with Crippen molar-refractivity contribution < 1.29 is 13.6 Å². The van der Waals surface area contributed by atoms with Crippen molar-refractivity contribution >= 4 is 34.7 Å². The highest BCUT2D eigenvalue weighted by atomic mass is 32.2. The van der Waals surface area contributed by atoms with Crippen molar-refractivity contribution in [1.82, 2.24) is 9.88 Å². The molecule has 2 N–H and O–H groups in total. The number of carbonyl (C=O) groups is 1. The monoisotopic (exact) mass is 450 g/mol. The molecule has 0 bridgehead atoms. The quantitative estimate of drug-likeness (QED) is 0.569. The number of terminal acetylenes is 1. The molecule has 5 nitrogen and oxygen atoms in total. The van der Waals surface area contributed by atoms with E-state index in [0.29, 0.717) is 16.7 Å². The fraction of sp³-hybridized carbons (Fsp3) is 0.208. The van der Waals surface area contributed by atoms with Gasteiger partial charge in [0.2, 0.25) is 5.91 Å². The Kier molecular flexibility index (Phi) is 5.18.